The molecule has 1 aromatic carbocycles. The van der Waals surface area contributed by atoms with E-state index in [1.807, 2.05) is 6.07 Å². The van der Waals surface area contributed by atoms with Crippen molar-refractivity contribution in [1.29, 1.82) is 5.26 Å². The first-order chi connectivity index (χ1) is 6.77. The quantitative estimate of drug-likeness (QED) is 0.665. The third-order valence-electron chi connectivity index (χ3n) is 3.05. The summed E-state index contributed by atoms with van der Waals surface area (Å²) in [6, 6.07) is 8.81. The summed E-state index contributed by atoms with van der Waals surface area (Å²) in [5, 5.41) is 9.19. The van der Waals surface area contributed by atoms with Gasteiger partial charge in [0.25, 0.3) is 0 Å². The molecule has 72 valence electrons. The summed E-state index contributed by atoms with van der Waals surface area (Å²) in [5.41, 5.74) is 0.430. The average molecular weight is 189 g/mol. The zero-order valence-electron chi connectivity index (χ0n) is 7.96. The standard InChI is InChI=1S/C12H12FN/c13-11-5-3-4-10(8-11)12(9-14)6-1-2-7-12/h3-5,8H,1-2,6-7H2. The van der Waals surface area contributed by atoms with Crippen molar-refractivity contribution < 1.29 is 4.39 Å². The number of nitrogens with zero attached hydrogens (tertiary/aromatic N) is 1. The van der Waals surface area contributed by atoms with Gasteiger partial charge in [0.05, 0.1) is 11.5 Å². The molecule has 0 amide bonds. The van der Waals surface area contributed by atoms with Gasteiger partial charge < -0.3 is 0 Å². The van der Waals surface area contributed by atoms with E-state index in [9.17, 15) is 9.65 Å². The van der Waals surface area contributed by atoms with Crippen molar-refractivity contribution in [3.8, 4) is 6.07 Å². The topological polar surface area (TPSA) is 23.8 Å². The maximum atomic E-state index is 13.0. The first kappa shape index (κ1) is 9.21. The molecule has 1 aliphatic rings. The summed E-state index contributed by atoms with van der Waals surface area (Å²) < 4.78 is 13.0. The van der Waals surface area contributed by atoms with Crippen molar-refractivity contribution in [2.75, 3.05) is 0 Å². The smallest absolute Gasteiger partial charge is 0.123 e. The van der Waals surface area contributed by atoms with Crippen molar-refractivity contribution >= 4 is 0 Å². The largest absolute Gasteiger partial charge is 0.207 e. The van der Waals surface area contributed by atoms with Crippen molar-refractivity contribution in [3.05, 3.63) is 35.6 Å². The first-order valence-electron chi connectivity index (χ1n) is 4.94. The number of rotatable bonds is 1. The molecule has 1 fully saturated rings. The van der Waals surface area contributed by atoms with E-state index >= 15 is 0 Å². The van der Waals surface area contributed by atoms with Crippen LogP contribution in [0.3, 0.4) is 0 Å². The predicted octanol–water partition coefficient (Wildman–Crippen LogP) is 3.16. The summed E-state index contributed by atoms with van der Waals surface area (Å²) >= 11 is 0. The van der Waals surface area contributed by atoms with Crippen LogP contribution in [-0.4, -0.2) is 0 Å². The molecule has 0 saturated heterocycles. The lowest BCUT2D eigenvalue weighted by atomic mass is 9.80. The maximum absolute atomic E-state index is 13.0. The Hall–Kier alpha value is -1.36. The van der Waals surface area contributed by atoms with Crippen molar-refractivity contribution in [3.63, 3.8) is 0 Å². The van der Waals surface area contributed by atoms with E-state index in [4.69, 9.17) is 0 Å². The number of benzene rings is 1. The zero-order chi connectivity index (χ0) is 10.0. The molecule has 0 radical (unpaired) electrons. The Labute approximate surface area is 83.2 Å². The second kappa shape index (κ2) is 3.42. The third kappa shape index (κ3) is 1.39. The Morgan fingerprint density at radius 2 is 2.00 bits per heavy atom. The first-order valence-corrected chi connectivity index (χ1v) is 4.94. The fourth-order valence-electron chi connectivity index (χ4n) is 2.23. The van der Waals surface area contributed by atoms with Crippen molar-refractivity contribution in [2.45, 2.75) is 31.1 Å². The highest BCUT2D eigenvalue weighted by Crippen LogP contribution is 2.40. The van der Waals surface area contributed by atoms with Crippen LogP contribution in [0.1, 0.15) is 31.2 Å². The molecule has 0 heterocycles. The third-order valence-corrected chi connectivity index (χ3v) is 3.05. The molecular formula is C12H12FN. The van der Waals surface area contributed by atoms with Gasteiger partial charge in [0.2, 0.25) is 0 Å². The van der Waals surface area contributed by atoms with Crippen LogP contribution in [0.2, 0.25) is 0 Å². The summed E-state index contributed by atoms with van der Waals surface area (Å²) in [5.74, 6) is -0.246. The zero-order valence-corrected chi connectivity index (χ0v) is 7.96. The molecule has 2 heteroatoms. The second-order valence-electron chi connectivity index (χ2n) is 3.91. The van der Waals surface area contributed by atoms with Crippen LogP contribution in [0.15, 0.2) is 24.3 Å². The molecule has 1 saturated carbocycles. The summed E-state index contributed by atoms with van der Waals surface area (Å²) in [6.07, 6.45) is 3.88. The fourth-order valence-corrected chi connectivity index (χ4v) is 2.23. The number of hydrogen-bond donors (Lipinski definition) is 0. The highest BCUT2D eigenvalue weighted by molar-refractivity contribution is 5.33. The number of hydrogen-bond acceptors (Lipinski definition) is 1. The summed E-state index contributed by atoms with van der Waals surface area (Å²) in [7, 11) is 0. The lowest BCUT2D eigenvalue weighted by Gasteiger charge is -2.20. The molecule has 0 spiro atoms. The lowest BCUT2D eigenvalue weighted by molar-refractivity contribution is 0.560. The fraction of sp³-hybridized carbons (Fsp3) is 0.417. The summed E-state index contributed by atoms with van der Waals surface area (Å²) in [4.78, 5) is 0. The van der Waals surface area contributed by atoms with Crippen molar-refractivity contribution in [2.24, 2.45) is 0 Å². The predicted molar refractivity (Wildman–Crippen MR) is 52.2 cm³/mol. The van der Waals surface area contributed by atoms with Crippen LogP contribution < -0.4 is 0 Å². The second-order valence-corrected chi connectivity index (χ2v) is 3.91. The monoisotopic (exact) mass is 189 g/mol. The van der Waals surface area contributed by atoms with Gasteiger partial charge >= 0.3 is 0 Å². The molecule has 0 unspecified atom stereocenters. The van der Waals surface area contributed by atoms with Gasteiger partial charge in [-0.3, -0.25) is 0 Å². The highest BCUT2D eigenvalue weighted by atomic mass is 19.1. The molecule has 0 atom stereocenters. The van der Waals surface area contributed by atoms with Crippen LogP contribution in [0.5, 0.6) is 0 Å². The van der Waals surface area contributed by atoms with Gasteiger partial charge in [-0.25, -0.2) is 4.39 Å². The molecule has 1 aromatic rings. The normalized spacial score (nSPS) is 19.1. The number of nitriles is 1. The van der Waals surface area contributed by atoms with Gasteiger partial charge in [-0.1, -0.05) is 25.0 Å². The molecular weight excluding hydrogens is 177 g/mol. The highest BCUT2D eigenvalue weighted by Gasteiger charge is 2.35. The van der Waals surface area contributed by atoms with Crippen LogP contribution in [0.4, 0.5) is 4.39 Å². The average Bonchev–Trinajstić information content (AvgIpc) is 2.67. The molecule has 0 N–H and O–H groups in total. The van der Waals surface area contributed by atoms with Gasteiger partial charge in [0.1, 0.15) is 5.82 Å². The van der Waals surface area contributed by atoms with E-state index in [0.29, 0.717) is 0 Å². The van der Waals surface area contributed by atoms with E-state index < -0.39 is 5.41 Å². The van der Waals surface area contributed by atoms with Gasteiger partial charge in [0.15, 0.2) is 0 Å². The minimum Gasteiger partial charge on any atom is -0.207 e. The lowest BCUT2D eigenvalue weighted by Crippen LogP contribution is -2.19. The van der Waals surface area contributed by atoms with E-state index in [1.54, 1.807) is 6.07 Å². The Morgan fingerprint density at radius 3 is 2.57 bits per heavy atom. The van der Waals surface area contributed by atoms with Crippen LogP contribution >= 0.6 is 0 Å². The number of halogens is 1. The molecule has 0 aromatic heterocycles. The van der Waals surface area contributed by atoms with Crippen LogP contribution in [-0.2, 0) is 5.41 Å². The van der Waals surface area contributed by atoms with Crippen molar-refractivity contribution in [1.82, 2.24) is 0 Å². The van der Waals surface area contributed by atoms with Gasteiger partial charge in [0, 0.05) is 0 Å². The Kier molecular flexibility index (Phi) is 2.25. The van der Waals surface area contributed by atoms with E-state index in [2.05, 4.69) is 6.07 Å². The molecule has 0 aliphatic heterocycles. The Balaban J connectivity index is 2.42. The minimum atomic E-state index is -0.415. The van der Waals surface area contributed by atoms with Crippen LogP contribution in [0.25, 0.3) is 0 Å². The molecule has 1 nitrogen and oxygen atoms in total. The Morgan fingerprint density at radius 1 is 1.29 bits per heavy atom. The van der Waals surface area contributed by atoms with E-state index in [1.165, 1.54) is 12.1 Å². The van der Waals surface area contributed by atoms with Gasteiger partial charge in [-0.05, 0) is 30.5 Å². The maximum Gasteiger partial charge on any atom is 0.123 e. The van der Waals surface area contributed by atoms with E-state index in [0.717, 1.165) is 31.2 Å². The summed E-state index contributed by atoms with van der Waals surface area (Å²) in [6.45, 7) is 0. The van der Waals surface area contributed by atoms with Gasteiger partial charge in [-0.2, -0.15) is 5.26 Å². The van der Waals surface area contributed by atoms with Crippen LogP contribution in [0, 0.1) is 17.1 Å². The molecule has 14 heavy (non-hydrogen) atoms. The Bertz CT molecular complexity index is 372. The minimum absolute atomic E-state index is 0.246. The molecule has 0 bridgehead atoms. The molecule has 1 aliphatic carbocycles. The SMILES string of the molecule is N#CC1(c2cccc(F)c2)CCCC1. The van der Waals surface area contributed by atoms with Gasteiger partial charge in [-0.15, -0.1) is 0 Å². The van der Waals surface area contributed by atoms with E-state index in [-0.39, 0.29) is 5.82 Å². The molecule has 2 rings (SSSR count).